The molecule has 176 valence electrons. The van der Waals surface area contributed by atoms with Crippen molar-refractivity contribution in [2.45, 2.75) is 33.4 Å². The number of para-hydroxylation sites is 1. The van der Waals surface area contributed by atoms with Gasteiger partial charge in [0.2, 0.25) is 5.52 Å². The van der Waals surface area contributed by atoms with E-state index in [2.05, 4.69) is 39.9 Å². The first kappa shape index (κ1) is 24.1. The van der Waals surface area contributed by atoms with Crippen LogP contribution in [0.15, 0.2) is 60.8 Å². The van der Waals surface area contributed by atoms with Gasteiger partial charge in [0.25, 0.3) is 15.1 Å². The first-order chi connectivity index (χ1) is 16.3. The SMILES string of the molecule is Cc1cc(/C=C/c2sc3ccccc3[n+]2CCCS(=O)(=O)O)cc(C)c1OCc1ccccn1. The Morgan fingerprint density at radius 1 is 1.06 bits per heavy atom. The van der Waals surface area contributed by atoms with Gasteiger partial charge < -0.3 is 4.74 Å². The maximum Gasteiger partial charge on any atom is 0.265 e. The fourth-order valence-electron chi connectivity index (χ4n) is 3.92. The van der Waals surface area contributed by atoms with Gasteiger partial charge in [-0.05, 0) is 66.9 Å². The first-order valence-electron chi connectivity index (χ1n) is 11.0. The smallest absolute Gasteiger partial charge is 0.265 e. The van der Waals surface area contributed by atoms with Crippen molar-refractivity contribution in [1.82, 2.24) is 4.98 Å². The van der Waals surface area contributed by atoms with Gasteiger partial charge in [-0.25, -0.2) is 0 Å². The van der Waals surface area contributed by atoms with E-state index in [1.165, 1.54) is 0 Å². The number of hydrogen-bond acceptors (Lipinski definition) is 5. The fraction of sp³-hybridized carbons (Fsp3) is 0.231. The maximum absolute atomic E-state index is 11.2. The van der Waals surface area contributed by atoms with Gasteiger partial charge in [-0.3, -0.25) is 9.54 Å². The summed E-state index contributed by atoms with van der Waals surface area (Å²) in [6.07, 6.45) is 6.22. The molecule has 1 N–H and O–H groups in total. The summed E-state index contributed by atoms with van der Waals surface area (Å²) in [4.78, 5) is 4.31. The van der Waals surface area contributed by atoms with E-state index in [0.29, 0.717) is 19.6 Å². The van der Waals surface area contributed by atoms with Crippen molar-refractivity contribution in [3.8, 4) is 5.75 Å². The van der Waals surface area contributed by atoms with Crippen LogP contribution < -0.4 is 9.30 Å². The van der Waals surface area contributed by atoms with Crippen LogP contribution in [0.1, 0.15) is 33.8 Å². The standard InChI is InChI=1S/C26H26N2O4S2/c1-19-16-21(17-20(2)26(19)32-18-22-8-5-6-13-27-22)11-12-25-28(14-7-15-34(29,30)31)23-9-3-4-10-24(23)33-25/h3-6,8-13,16-17H,7,14-15,18H2,1-2H3/p+1/b12-11+. The number of pyridine rings is 1. The van der Waals surface area contributed by atoms with Crippen molar-refractivity contribution in [3.63, 3.8) is 0 Å². The maximum atomic E-state index is 11.2. The van der Waals surface area contributed by atoms with E-state index in [0.717, 1.165) is 43.4 Å². The molecule has 0 spiro atoms. The minimum absolute atomic E-state index is 0.258. The van der Waals surface area contributed by atoms with E-state index in [1.807, 2.05) is 50.2 Å². The zero-order valence-electron chi connectivity index (χ0n) is 19.1. The molecule has 0 aliphatic heterocycles. The number of rotatable bonds is 9. The highest BCUT2D eigenvalue weighted by molar-refractivity contribution is 7.85. The van der Waals surface area contributed by atoms with Gasteiger partial charge in [0.05, 0.1) is 11.4 Å². The molecule has 0 radical (unpaired) electrons. The summed E-state index contributed by atoms with van der Waals surface area (Å²) in [6.45, 7) is 4.99. The van der Waals surface area contributed by atoms with Crippen molar-refractivity contribution in [2.24, 2.45) is 0 Å². The van der Waals surface area contributed by atoms with Crippen molar-refractivity contribution in [2.75, 3.05) is 5.75 Å². The minimum atomic E-state index is -3.98. The van der Waals surface area contributed by atoms with E-state index in [4.69, 9.17) is 9.29 Å². The molecular weight excluding hydrogens is 468 g/mol. The second-order valence-corrected chi connectivity index (χ2v) is 10.8. The summed E-state index contributed by atoms with van der Waals surface area (Å²) >= 11 is 1.65. The van der Waals surface area contributed by atoms with Crippen molar-refractivity contribution < 1.29 is 22.3 Å². The molecule has 0 saturated carbocycles. The zero-order chi connectivity index (χ0) is 24.1. The molecule has 4 aromatic rings. The quantitative estimate of drug-likeness (QED) is 0.254. The highest BCUT2D eigenvalue weighted by atomic mass is 32.2. The average Bonchev–Trinajstić information content (AvgIpc) is 3.14. The van der Waals surface area contributed by atoms with Gasteiger partial charge in [-0.15, -0.1) is 0 Å². The van der Waals surface area contributed by atoms with E-state index in [9.17, 15) is 8.42 Å². The van der Waals surface area contributed by atoms with Crippen LogP contribution in [0.4, 0.5) is 0 Å². The number of aromatic nitrogens is 2. The predicted octanol–water partition coefficient (Wildman–Crippen LogP) is 5.23. The molecule has 0 aliphatic rings. The van der Waals surface area contributed by atoms with Crippen LogP contribution in [0, 0.1) is 13.8 Å². The Kier molecular flexibility index (Phi) is 7.41. The Hall–Kier alpha value is -3.07. The van der Waals surface area contributed by atoms with Crippen molar-refractivity contribution in [3.05, 3.63) is 88.2 Å². The number of ether oxygens (including phenoxy) is 1. The summed E-state index contributed by atoms with van der Waals surface area (Å²) < 4.78 is 40.7. The van der Waals surface area contributed by atoms with Gasteiger partial charge in [-0.1, -0.05) is 29.5 Å². The second kappa shape index (κ2) is 10.5. The second-order valence-electron chi connectivity index (χ2n) is 8.13. The van der Waals surface area contributed by atoms with E-state index >= 15 is 0 Å². The highest BCUT2D eigenvalue weighted by Gasteiger charge is 2.19. The highest BCUT2D eigenvalue weighted by Crippen LogP contribution is 2.27. The van der Waals surface area contributed by atoms with Crippen LogP contribution in [0.25, 0.3) is 22.4 Å². The lowest BCUT2D eigenvalue weighted by atomic mass is 10.1. The van der Waals surface area contributed by atoms with Crippen LogP contribution in [0.2, 0.25) is 0 Å². The topological polar surface area (TPSA) is 80.4 Å². The minimum Gasteiger partial charge on any atom is -0.487 e. The summed E-state index contributed by atoms with van der Waals surface area (Å²) in [5, 5.41) is 1.02. The Bertz CT molecular complexity index is 1400. The molecule has 34 heavy (non-hydrogen) atoms. The first-order valence-corrected chi connectivity index (χ1v) is 13.4. The summed E-state index contributed by atoms with van der Waals surface area (Å²) in [7, 11) is -3.98. The van der Waals surface area contributed by atoms with Crippen LogP contribution in [0.3, 0.4) is 0 Å². The van der Waals surface area contributed by atoms with Gasteiger partial charge in [-0.2, -0.15) is 13.0 Å². The van der Waals surface area contributed by atoms with Gasteiger partial charge in [0.1, 0.15) is 17.1 Å². The van der Waals surface area contributed by atoms with Crippen molar-refractivity contribution in [1.29, 1.82) is 0 Å². The Morgan fingerprint density at radius 3 is 2.50 bits per heavy atom. The number of fused-ring (bicyclic) bond motifs is 1. The molecule has 0 amide bonds. The van der Waals surface area contributed by atoms with Crippen molar-refractivity contribution >= 4 is 43.8 Å². The molecule has 8 heteroatoms. The lowest BCUT2D eigenvalue weighted by Gasteiger charge is -2.13. The van der Waals surface area contributed by atoms with Gasteiger partial charge in [0.15, 0.2) is 6.54 Å². The largest absolute Gasteiger partial charge is 0.487 e. The van der Waals surface area contributed by atoms with E-state index in [1.54, 1.807) is 17.5 Å². The van der Waals surface area contributed by atoms with Crippen LogP contribution in [0.5, 0.6) is 5.75 Å². The van der Waals surface area contributed by atoms with Crippen LogP contribution in [-0.2, 0) is 23.3 Å². The number of benzene rings is 2. The van der Waals surface area contributed by atoms with E-state index < -0.39 is 10.1 Å². The molecule has 4 rings (SSSR count). The summed E-state index contributed by atoms with van der Waals surface area (Å²) in [5.74, 6) is 0.607. The van der Waals surface area contributed by atoms with Crippen LogP contribution >= 0.6 is 11.3 Å². The monoisotopic (exact) mass is 495 g/mol. The summed E-state index contributed by atoms with van der Waals surface area (Å²) in [6, 6.07) is 18.0. The molecular formula is C26H27N2O4S2+. The predicted molar refractivity (Wildman–Crippen MR) is 136 cm³/mol. The Balaban J connectivity index is 1.56. The zero-order valence-corrected chi connectivity index (χ0v) is 20.8. The number of aryl methyl sites for hydroxylation is 3. The van der Waals surface area contributed by atoms with Gasteiger partial charge in [0, 0.05) is 24.8 Å². The normalized spacial score (nSPS) is 12.0. The third kappa shape index (κ3) is 6.08. The molecule has 0 atom stereocenters. The molecule has 0 saturated heterocycles. The summed E-state index contributed by atoms with van der Waals surface area (Å²) in [5.41, 5.74) is 5.09. The Labute approximate surface area is 203 Å². The average molecular weight is 496 g/mol. The molecule has 6 nitrogen and oxygen atoms in total. The fourth-order valence-corrected chi connectivity index (χ4v) is 5.50. The molecule has 0 unspecified atom stereocenters. The molecule has 0 fully saturated rings. The number of hydrogen-bond donors (Lipinski definition) is 1. The number of nitrogens with zero attached hydrogens (tertiary/aromatic N) is 2. The van der Waals surface area contributed by atoms with Crippen LogP contribution in [-0.4, -0.2) is 23.7 Å². The molecule has 2 heterocycles. The lowest BCUT2D eigenvalue weighted by Crippen LogP contribution is -2.35. The molecule has 0 bridgehead atoms. The molecule has 2 aromatic heterocycles. The number of thiazole rings is 1. The molecule has 0 aliphatic carbocycles. The molecule has 2 aromatic carbocycles. The third-order valence-electron chi connectivity index (χ3n) is 5.41. The lowest BCUT2D eigenvalue weighted by molar-refractivity contribution is -0.668. The Morgan fingerprint density at radius 2 is 1.79 bits per heavy atom. The van der Waals surface area contributed by atoms with Gasteiger partial charge >= 0.3 is 0 Å². The third-order valence-corrected chi connectivity index (χ3v) is 7.35. The van der Waals surface area contributed by atoms with E-state index in [-0.39, 0.29) is 5.75 Å².